The molecule has 1 aliphatic rings. The first-order chi connectivity index (χ1) is 27.5. The van der Waals surface area contributed by atoms with E-state index in [-0.39, 0.29) is 22.9 Å². The maximum Gasteiger partial charge on any atom is 0.416 e. The monoisotopic (exact) mass is 816 g/mol. The minimum Gasteiger partial charge on any atom is -0.378 e. The molecule has 0 bridgehead atoms. The zero-order valence-electron chi connectivity index (χ0n) is 32.7. The molecule has 0 saturated carbocycles. The van der Waals surface area contributed by atoms with Crippen molar-refractivity contribution in [2.24, 2.45) is 10.8 Å². The van der Waals surface area contributed by atoms with Crippen LogP contribution in [0.1, 0.15) is 63.9 Å². The number of carbonyl (C=O) groups is 3. The van der Waals surface area contributed by atoms with Gasteiger partial charge in [-0.3, -0.25) is 14.4 Å². The van der Waals surface area contributed by atoms with Gasteiger partial charge in [0.05, 0.1) is 51.4 Å². The number of aryl methyl sites for hydroxylation is 2. The van der Waals surface area contributed by atoms with Crippen LogP contribution in [0.25, 0.3) is 0 Å². The number of amides is 3. The Hall–Kier alpha value is -4.48. The molecule has 312 valence electrons. The van der Waals surface area contributed by atoms with Crippen molar-refractivity contribution in [1.82, 2.24) is 10.7 Å². The highest BCUT2D eigenvalue weighted by atomic mass is 32.2. The number of hydrogen-bond donors (Lipinski definition) is 4. The fourth-order valence-corrected chi connectivity index (χ4v) is 6.52. The van der Waals surface area contributed by atoms with Crippen LogP contribution < -0.4 is 26.7 Å². The van der Waals surface area contributed by atoms with Gasteiger partial charge in [0, 0.05) is 61.0 Å². The molecule has 0 radical (unpaired) electrons. The van der Waals surface area contributed by atoms with Gasteiger partial charge in [-0.25, -0.2) is 5.43 Å². The van der Waals surface area contributed by atoms with Crippen molar-refractivity contribution in [3.8, 4) is 0 Å². The fourth-order valence-electron chi connectivity index (χ4n) is 5.63. The van der Waals surface area contributed by atoms with Gasteiger partial charge < -0.3 is 35.5 Å². The molecule has 0 atom stereocenters. The molecule has 3 aromatic rings. The van der Waals surface area contributed by atoms with Gasteiger partial charge in [-0.05, 0) is 91.8 Å². The number of halogens is 3. The van der Waals surface area contributed by atoms with E-state index in [1.807, 2.05) is 42.7 Å². The average molecular weight is 817 g/mol. The topological polar surface area (TPSA) is 157 Å². The van der Waals surface area contributed by atoms with E-state index < -0.39 is 11.7 Å². The molecule has 1 fully saturated rings. The van der Waals surface area contributed by atoms with E-state index >= 15 is 0 Å². The SMILES string of the molecule is Cc1cc(N2CCCCC2)ccc1NC(=O)c1cccc(CSCCC(=O)NCCOCCOCCOCCN)c1.Cc1ccc(/C=N/NC=O)cc1C(F)(F)F. The number of nitrogens with one attached hydrogen (secondary N) is 3. The fraction of sp³-hybridized carbons (Fsp3) is 0.463. The first-order valence-electron chi connectivity index (χ1n) is 19.0. The first-order valence-corrected chi connectivity index (χ1v) is 20.1. The van der Waals surface area contributed by atoms with Crippen LogP contribution in [-0.2, 0) is 35.7 Å². The largest absolute Gasteiger partial charge is 0.416 e. The number of alkyl halides is 3. The Morgan fingerprint density at radius 2 is 1.61 bits per heavy atom. The van der Waals surface area contributed by atoms with Crippen LogP contribution >= 0.6 is 11.8 Å². The number of carbonyl (C=O) groups excluding carboxylic acids is 3. The van der Waals surface area contributed by atoms with Crippen LogP contribution in [0.15, 0.2) is 65.8 Å². The van der Waals surface area contributed by atoms with Crippen molar-refractivity contribution in [1.29, 1.82) is 0 Å². The molecule has 57 heavy (non-hydrogen) atoms. The Balaban J connectivity index is 0.000000454. The van der Waals surface area contributed by atoms with E-state index in [1.54, 1.807) is 11.8 Å². The molecule has 3 aromatic carbocycles. The molecule has 1 heterocycles. The molecule has 5 N–H and O–H groups in total. The molecule has 1 aliphatic heterocycles. The normalized spacial score (nSPS) is 12.8. The second-order valence-corrected chi connectivity index (χ2v) is 14.2. The quantitative estimate of drug-likeness (QED) is 0.0409. The predicted molar refractivity (Wildman–Crippen MR) is 220 cm³/mol. The summed E-state index contributed by atoms with van der Waals surface area (Å²) < 4.78 is 53.6. The van der Waals surface area contributed by atoms with Crippen molar-refractivity contribution in [2.45, 2.75) is 51.5 Å². The van der Waals surface area contributed by atoms with E-state index in [2.05, 4.69) is 32.8 Å². The van der Waals surface area contributed by atoms with E-state index in [0.717, 1.165) is 47.9 Å². The summed E-state index contributed by atoms with van der Waals surface area (Å²) in [6, 6.07) is 17.8. The van der Waals surface area contributed by atoms with Gasteiger partial charge in [-0.1, -0.05) is 24.3 Å². The summed E-state index contributed by atoms with van der Waals surface area (Å²) in [5.74, 6) is 1.32. The van der Waals surface area contributed by atoms with Crippen molar-refractivity contribution in [3.05, 3.63) is 94.0 Å². The highest BCUT2D eigenvalue weighted by molar-refractivity contribution is 7.98. The van der Waals surface area contributed by atoms with Crippen LogP contribution in [0.4, 0.5) is 24.5 Å². The Labute approximate surface area is 337 Å². The van der Waals surface area contributed by atoms with Crippen LogP contribution in [0.3, 0.4) is 0 Å². The summed E-state index contributed by atoms with van der Waals surface area (Å²) in [4.78, 5) is 37.3. The number of rotatable bonds is 22. The Morgan fingerprint density at radius 3 is 2.30 bits per heavy atom. The molecule has 12 nitrogen and oxygen atoms in total. The lowest BCUT2D eigenvalue weighted by molar-refractivity contribution is -0.138. The van der Waals surface area contributed by atoms with Crippen LogP contribution in [0.5, 0.6) is 0 Å². The lowest BCUT2D eigenvalue weighted by Gasteiger charge is -2.29. The zero-order chi connectivity index (χ0) is 41.3. The molecular weight excluding hydrogens is 762 g/mol. The molecule has 0 aromatic heterocycles. The Bertz CT molecular complexity index is 1710. The van der Waals surface area contributed by atoms with Gasteiger partial charge in [0.25, 0.3) is 5.91 Å². The number of ether oxygens (including phenoxy) is 3. The van der Waals surface area contributed by atoms with Crippen LogP contribution in [-0.4, -0.2) is 96.0 Å². The first kappa shape index (κ1) is 46.9. The maximum absolute atomic E-state index is 13.0. The van der Waals surface area contributed by atoms with Gasteiger partial charge in [-0.2, -0.15) is 30.0 Å². The van der Waals surface area contributed by atoms with E-state index in [1.165, 1.54) is 44.0 Å². The molecule has 1 saturated heterocycles. The standard InChI is InChI=1S/C31H46N4O5S.C10H9F3N2O/c1-25-22-28(35-13-3-2-4-14-35)8-9-29(25)34-31(37)27-7-5-6-26(23-27)24-41-21-10-30(36)33-12-16-39-18-20-40-19-17-38-15-11-32;1-7-2-3-8(5-14-15-6-16)4-9(7)10(11,12)13/h5-9,22-23H,2-4,10-21,24,32H2,1H3,(H,33,36)(H,34,37);2-6H,1H3,(H,15,16)/b;14-5+. The number of nitrogens with two attached hydrogens (primary N) is 1. The van der Waals surface area contributed by atoms with Crippen molar-refractivity contribution in [2.75, 3.05) is 81.8 Å². The Kier molecular flexibility index (Phi) is 21.8. The molecule has 16 heteroatoms. The number of anilines is 2. The van der Waals surface area contributed by atoms with E-state index in [0.29, 0.717) is 76.9 Å². The van der Waals surface area contributed by atoms with Gasteiger partial charge in [0.15, 0.2) is 0 Å². The van der Waals surface area contributed by atoms with Crippen molar-refractivity contribution >= 4 is 47.6 Å². The number of benzene rings is 3. The van der Waals surface area contributed by atoms with Crippen LogP contribution in [0.2, 0.25) is 0 Å². The molecule has 0 aliphatic carbocycles. The smallest absolute Gasteiger partial charge is 0.378 e. The molecule has 4 rings (SSSR count). The molecule has 0 spiro atoms. The highest BCUT2D eigenvalue weighted by Crippen LogP contribution is 2.32. The minimum absolute atomic E-state index is 0.00389. The molecule has 0 unspecified atom stereocenters. The summed E-state index contributed by atoms with van der Waals surface area (Å²) in [5.41, 5.74) is 11.8. The third kappa shape index (κ3) is 18.6. The summed E-state index contributed by atoms with van der Waals surface area (Å²) in [6.45, 7) is 9.60. The summed E-state index contributed by atoms with van der Waals surface area (Å²) in [6.07, 6.45) is 1.30. The summed E-state index contributed by atoms with van der Waals surface area (Å²) in [7, 11) is 0. The average Bonchev–Trinajstić information content (AvgIpc) is 3.20. The minimum atomic E-state index is -4.38. The second kappa shape index (κ2) is 26.4. The second-order valence-electron chi connectivity index (χ2n) is 13.1. The highest BCUT2D eigenvalue weighted by Gasteiger charge is 2.32. The van der Waals surface area contributed by atoms with E-state index in [4.69, 9.17) is 19.9 Å². The maximum atomic E-state index is 13.0. The van der Waals surface area contributed by atoms with Crippen molar-refractivity contribution in [3.63, 3.8) is 0 Å². The zero-order valence-corrected chi connectivity index (χ0v) is 33.5. The van der Waals surface area contributed by atoms with E-state index in [9.17, 15) is 27.6 Å². The summed E-state index contributed by atoms with van der Waals surface area (Å²) >= 11 is 1.67. The van der Waals surface area contributed by atoms with Gasteiger partial charge in [0.1, 0.15) is 0 Å². The van der Waals surface area contributed by atoms with Gasteiger partial charge in [-0.15, -0.1) is 0 Å². The predicted octanol–water partition coefficient (Wildman–Crippen LogP) is 6.08. The molecular formula is C41H55F3N6O6S. The number of piperidine rings is 1. The number of hydrazone groups is 1. The number of thioether (sulfide) groups is 1. The van der Waals surface area contributed by atoms with Crippen molar-refractivity contribution < 1.29 is 41.8 Å². The van der Waals surface area contributed by atoms with Crippen LogP contribution in [0, 0.1) is 13.8 Å². The summed E-state index contributed by atoms with van der Waals surface area (Å²) in [5, 5.41) is 9.35. The third-order valence-corrected chi connectivity index (χ3v) is 9.62. The number of nitrogens with zero attached hydrogens (tertiary/aromatic N) is 2. The van der Waals surface area contributed by atoms with Gasteiger partial charge >= 0.3 is 6.18 Å². The Morgan fingerprint density at radius 1 is 0.895 bits per heavy atom. The van der Waals surface area contributed by atoms with Gasteiger partial charge in [0.2, 0.25) is 12.3 Å². The lowest BCUT2D eigenvalue weighted by Crippen LogP contribution is -2.29. The number of hydrogen-bond acceptors (Lipinski definition) is 10. The lowest BCUT2D eigenvalue weighted by atomic mass is 10.1. The molecule has 3 amide bonds. The third-order valence-electron chi connectivity index (χ3n) is 8.59.